The monoisotopic (exact) mass is 507 g/mol. The van der Waals surface area contributed by atoms with E-state index in [2.05, 4.69) is 102 Å². The SMILES string of the molecule is BBB(B)B(B(B(B)B)B(B)B)B(B(B(B)B)B(B)B)C1CCC(c2ccc(-c3cc(N)cc(N)c3)cc2)CC1. The third-order valence-corrected chi connectivity index (χ3v) is 10.7. The summed E-state index contributed by atoms with van der Waals surface area (Å²) >= 11 is 0. The van der Waals surface area contributed by atoms with E-state index in [0.717, 1.165) is 80.3 Å². The van der Waals surface area contributed by atoms with Gasteiger partial charge in [-0.3, -0.25) is 0 Å². The van der Waals surface area contributed by atoms with E-state index in [1.54, 1.807) is 0 Å². The number of nitrogen functional groups attached to an aromatic ring is 2. The standard InChI is InChI=1S/C18H42B20N2/c19-29-35(28)37(38(33(24)25)34(26)27)30(36(31(20)21)32(22)23)16-7-5-13(6-8-16)12-1-3-14(4-2-12)15-9-17(39)11-18(40)10-15/h1-4,9-11,13,16,29H,5-8,19-28,39-40H2. The quantitative estimate of drug-likeness (QED) is 0.224. The van der Waals surface area contributed by atoms with Gasteiger partial charge in [0.1, 0.15) is 0 Å². The van der Waals surface area contributed by atoms with Gasteiger partial charge in [-0.2, -0.15) is 0 Å². The van der Waals surface area contributed by atoms with Gasteiger partial charge >= 0.3 is 0 Å². The molecule has 2 aromatic carbocycles. The van der Waals surface area contributed by atoms with E-state index >= 15 is 0 Å². The summed E-state index contributed by atoms with van der Waals surface area (Å²) in [4.78, 5) is 0. The number of anilines is 2. The molecule has 184 valence electrons. The lowest BCUT2D eigenvalue weighted by molar-refractivity contribution is 0.442. The molecule has 1 aliphatic rings. The molecule has 0 radical (unpaired) electrons. The van der Waals surface area contributed by atoms with Crippen LogP contribution < -0.4 is 11.5 Å². The van der Waals surface area contributed by atoms with Gasteiger partial charge in [0, 0.05) is 76.0 Å². The fourth-order valence-electron chi connectivity index (χ4n) is 9.12. The number of rotatable bonds is 12. The van der Waals surface area contributed by atoms with Gasteiger partial charge in [0.05, 0.1) is 77.4 Å². The Labute approximate surface area is 260 Å². The van der Waals surface area contributed by atoms with Gasteiger partial charge in [0.25, 0.3) is 0 Å². The first-order valence-corrected chi connectivity index (χ1v) is 16.6. The van der Waals surface area contributed by atoms with Crippen LogP contribution >= 0.6 is 0 Å². The van der Waals surface area contributed by atoms with Crippen molar-refractivity contribution in [2.75, 3.05) is 11.5 Å². The van der Waals surface area contributed by atoms with Crippen molar-refractivity contribution in [3.8, 4) is 11.1 Å². The lowest BCUT2D eigenvalue weighted by Crippen LogP contribution is -2.80. The maximum absolute atomic E-state index is 6.06. The molecule has 0 amide bonds. The first-order valence-electron chi connectivity index (χ1n) is 16.6. The lowest BCUT2D eigenvalue weighted by atomic mass is 8.41. The van der Waals surface area contributed by atoms with E-state index < -0.39 is 0 Å². The van der Waals surface area contributed by atoms with E-state index in [1.807, 2.05) is 18.2 Å². The van der Waals surface area contributed by atoms with Crippen LogP contribution in [0.15, 0.2) is 42.5 Å². The van der Waals surface area contributed by atoms with Crippen molar-refractivity contribution >= 4 is 153 Å². The van der Waals surface area contributed by atoms with Crippen LogP contribution in [0.2, 0.25) is 5.82 Å². The van der Waals surface area contributed by atoms with Gasteiger partial charge in [-0.05, 0) is 53.6 Å². The second kappa shape index (κ2) is 15.2. The molecular weight excluding hydrogens is 460 g/mol. The van der Waals surface area contributed by atoms with Gasteiger partial charge in [-0.25, -0.2) is 0 Å². The van der Waals surface area contributed by atoms with Crippen molar-refractivity contribution in [2.45, 2.75) is 37.4 Å². The minimum absolute atomic E-state index is 0.668. The van der Waals surface area contributed by atoms with Crippen LogP contribution in [0.1, 0.15) is 37.2 Å². The third-order valence-electron chi connectivity index (χ3n) is 10.7. The first-order chi connectivity index (χ1) is 18.8. The Kier molecular flexibility index (Phi) is 12.8. The minimum atomic E-state index is 0.668. The lowest BCUT2D eigenvalue weighted by Gasteiger charge is -2.47. The van der Waals surface area contributed by atoms with Crippen molar-refractivity contribution in [2.24, 2.45) is 0 Å². The average molecular weight is 503 g/mol. The average Bonchev–Trinajstić information content (AvgIpc) is 2.88. The second-order valence-electron chi connectivity index (χ2n) is 14.8. The Hall–Kier alpha value is -0.661. The Morgan fingerprint density at radius 3 is 1.50 bits per heavy atom. The molecule has 0 spiro atoms. The molecule has 3 rings (SSSR count). The second-order valence-corrected chi connectivity index (χ2v) is 14.8. The van der Waals surface area contributed by atoms with Crippen molar-refractivity contribution in [1.82, 2.24) is 0 Å². The van der Waals surface area contributed by atoms with Crippen LogP contribution in [0.3, 0.4) is 0 Å². The molecule has 2 nitrogen and oxygen atoms in total. The summed E-state index contributed by atoms with van der Waals surface area (Å²) in [5.74, 6) is 1.50. The summed E-state index contributed by atoms with van der Waals surface area (Å²) in [5.41, 5.74) is 17.4. The third kappa shape index (κ3) is 8.24. The number of benzene rings is 2. The molecule has 0 saturated heterocycles. The molecule has 0 unspecified atom stereocenters. The highest BCUT2D eigenvalue weighted by molar-refractivity contribution is 8.15. The molecule has 4 N–H and O–H groups in total. The summed E-state index contributed by atoms with van der Waals surface area (Å²) in [5, 5.41) is 0. The Morgan fingerprint density at radius 1 is 0.600 bits per heavy atom. The van der Waals surface area contributed by atoms with Gasteiger partial charge < -0.3 is 11.5 Å². The highest BCUT2D eigenvalue weighted by Gasteiger charge is 2.50. The molecule has 0 bridgehead atoms. The molecule has 1 aliphatic carbocycles. The summed E-state index contributed by atoms with van der Waals surface area (Å²) < 4.78 is 0. The van der Waals surface area contributed by atoms with Gasteiger partial charge in [-0.15, -0.1) is 0 Å². The Balaban J connectivity index is 1.87. The summed E-state index contributed by atoms with van der Waals surface area (Å²) in [6.45, 7) is 0.807. The van der Waals surface area contributed by atoms with E-state index in [-0.39, 0.29) is 0 Å². The molecule has 40 heavy (non-hydrogen) atoms. The van der Waals surface area contributed by atoms with Crippen LogP contribution in [0.4, 0.5) is 11.4 Å². The highest BCUT2D eigenvalue weighted by Crippen LogP contribution is 2.42. The van der Waals surface area contributed by atoms with Crippen molar-refractivity contribution < 1.29 is 0 Å². The van der Waals surface area contributed by atoms with Gasteiger partial charge in [0.2, 0.25) is 0 Å². The van der Waals surface area contributed by atoms with E-state index in [0.29, 0.717) is 5.92 Å². The molecule has 0 heterocycles. The summed E-state index contributed by atoms with van der Waals surface area (Å²) in [6.07, 6.45) is 11.4. The van der Waals surface area contributed by atoms with Crippen molar-refractivity contribution in [3.05, 3.63) is 48.0 Å². The van der Waals surface area contributed by atoms with E-state index in [4.69, 9.17) is 11.5 Å². The van der Waals surface area contributed by atoms with E-state index in [9.17, 15) is 0 Å². The molecule has 0 aromatic heterocycles. The first kappa shape index (κ1) is 33.8. The predicted octanol–water partition coefficient (Wildman–Crippen LogP) is -8.72. The smallest absolute Gasteiger partial charge is 0.0594 e. The zero-order chi connectivity index (χ0) is 29.7. The van der Waals surface area contributed by atoms with E-state index in [1.165, 1.54) is 43.9 Å². The number of nitrogens with two attached hydrogens (primary N) is 2. The number of hydrogen-bond donors (Lipinski definition) is 2. The summed E-state index contributed by atoms with van der Waals surface area (Å²) in [6, 6.07) is 15.1. The van der Waals surface area contributed by atoms with Crippen LogP contribution in [0.25, 0.3) is 11.1 Å². The predicted molar refractivity (Wildman–Crippen MR) is 230 cm³/mol. The fraction of sp³-hybridized carbons (Fsp3) is 0.333. The maximum Gasteiger partial charge on any atom is 0.0594 e. The summed E-state index contributed by atoms with van der Waals surface area (Å²) in [7, 11) is 26.3. The molecule has 0 aliphatic heterocycles. The molecule has 1 saturated carbocycles. The highest BCUT2D eigenvalue weighted by atomic mass is 14.6. The minimum Gasteiger partial charge on any atom is -0.399 e. The molecule has 0 atom stereocenters. The number of hydrogen-bond acceptors (Lipinski definition) is 2. The van der Waals surface area contributed by atoms with Gasteiger partial charge in [0.15, 0.2) is 0 Å². The van der Waals surface area contributed by atoms with Crippen molar-refractivity contribution in [1.29, 1.82) is 0 Å². The topological polar surface area (TPSA) is 52.0 Å². The normalized spacial score (nSPS) is 16.3. The fourth-order valence-corrected chi connectivity index (χ4v) is 9.12. The molecule has 1 fully saturated rings. The molecular formula is C18H42B20N2. The largest absolute Gasteiger partial charge is 0.399 e. The van der Waals surface area contributed by atoms with Crippen molar-refractivity contribution in [3.63, 3.8) is 0 Å². The zero-order valence-electron chi connectivity index (χ0n) is 27.6. The molecule has 2 aromatic rings. The Morgan fingerprint density at radius 2 is 1.07 bits per heavy atom. The maximum atomic E-state index is 6.06. The Bertz CT molecular complexity index is 1030. The van der Waals surface area contributed by atoms with Gasteiger partial charge in [-0.1, -0.05) is 42.9 Å². The van der Waals surface area contributed by atoms with Crippen LogP contribution in [0.5, 0.6) is 0 Å². The van der Waals surface area contributed by atoms with Crippen LogP contribution in [0, 0.1) is 0 Å². The zero-order valence-corrected chi connectivity index (χ0v) is 27.6. The van der Waals surface area contributed by atoms with Crippen LogP contribution in [-0.4, -0.2) is 142 Å². The molecule has 22 heteroatoms. The van der Waals surface area contributed by atoms with Crippen LogP contribution in [-0.2, 0) is 0 Å².